The number of rotatable bonds is 10. The summed E-state index contributed by atoms with van der Waals surface area (Å²) in [6.07, 6.45) is 6.78. The van der Waals surface area contributed by atoms with Crippen LogP contribution in [0.5, 0.6) is 11.5 Å². The molecule has 0 spiro atoms. The van der Waals surface area contributed by atoms with E-state index in [1.807, 2.05) is 0 Å². The number of nitrogens with one attached hydrogen (secondary N) is 1. The molecule has 0 atom stereocenters. The molecule has 3 aromatic rings. The zero-order chi connectivity index (χ0) is 26.6. The van der Waals surface area contributed by atoms with Gasteiger partial charge in [-0.3, -0.25) is 0 Å². The van der Waals surface area contributed by atoms with E-state index < -0.39 is 20.2 Å². The Morgan fingerprint density at radius 2 is 2.00 bits per heavy atom. The predicted octanol–water partition coefficient (Wildman–Crippen LogP) is 3.41. The third kappa shape index (κ3) is 5.35. The van der Waals surface area contributed by atoms with E-state index in [0.717, 1.165) is 0 Å². The fourth-order valence-corrected chi connectivity index (χ4v) is 2.51. The molecule has 0 bridgehead atoms. The van der Waals surface area contributed by atoms with Gasteiger partial charge in [0, 0.05) is 36.9 Å². The number of terminal acetylenes is 1. The maximum Gasteiger partial charge on any atom is 0.163 e. The van der Waals surface area contributed by atoms with E-state index in [4.69, 9.17) is 30.2 Å². The van der Waals surface area contributed by atoms with Gasteiger partial charge in [-0.15, -0.1) is 6.42 Å². The second-order valence-electron chi connectivity index (χ2n) is 5.64. The standard InChI is InChI=1S/C22H23N3O4/c1-4-16-6-5-7-17(12-16)25-22-18-13-20(28-10-8-26-2)21(29-11-9-27-3)14-19(18)23-15-24-22/h1,5-7,12-15H,8-11H2,2-3H3,(H,23,24,25)/i2D3,8D2,10D2. The van der Waals surface area contributed by atoms with Crippen LogP contribution in [0, 0.1) is 12.3 Å². The maximum absolute atomic E-state index is 8.09. The number of hydrogen-bond donors (Lipinski definition) is 1. The van der Waals surface area contributed by atoms with Crippen molar-refractivity contribution in [3.05, 3.63) is 48.3 Å². The van der Waals surface area contributed by atoms with Gasteiger partial charge in [-0.2, -0.15) is 0 Å². The van der Waals surface area contributed by atoms with Crippen molar-refractivity contribution in [2.24, 2.45) is 0 Å². The molecule has 150 valence electrons. The predicted molar refractivity (Wildman–Crippen MR) is 112 cm³/mol. The van der Waals surface area contributed by atoms with Gasteiger partial charge in [0.15, 0.2) is 11.5 Å². The monoisotopic (exact) mass is 400 g/mol. The first kappa shape index (κ1) is 13.0. The molecule has 1 N–H and O–H groups in total. The molecule has 0 saturated heterocycles. The lowest BCUT2D eigenvalue weighted by Crippen LogP contribution is -2.09. The molecular weight excluding hydrogens is 370 g/mol. The summed E-state index contributed by atoms with van der Waals surface area (Å²) in [5, 5.41) is 3.50. The lowest BCUT2D eigenvalue weighted by Gasteiger charge is -2.15. The Labute approximate surface area is 179 Å². The minimum absolute atomic E-state index is 0.0205. The highest BCUT2D eigenvalue weighted by Gasteiger charge is 2.13. The fourth-order valence-electron chi connectivity index (χ4n) is 2.51. The summed E-state index contributed by atoms with van der Waals surface area (Å²) in [4.78, 5) is 8.46. The largest absolute Gasteiger partial charge is 0.487 e. The highest BCUT2D eigenvalue weighted by atomic mass is 16.5. The van der Waals surface area contributed by atoms with Crippen LogP contribution in [0.15, 0.2) is 42.7 Å². The van der Waals surface area contributed by atoms with E-state index in [2.05, 4.69) is 25.9 Å². The van der Waals surface area contributed by atoms with Crippen molar-refractivity contribution in [2.45, 2.75) is 0 Å². The van der Waals surface area contributed by atoms with Crippen molar-refractivity contribution < 1.29 is 28.5 Å². The molecule has 29 heavy (non-hydrogen) atoms. The van der Waals surface area contributed by atoms with Gasteiger partial charge in [0.2, 0.25) is 0 Å². The number of hydrogen-bond acceptors (Lipinski definition) is 7. The van der Waals surface area contributed by atoms with Crippen LogP contribution in [0.25, 0.3) is 10.9 Å². The Morgan fingerprint density at radius 1 is 1.10 bits per heavy atom. The van der Waals surface area contributed by atoms with Gasteiger partial charge >= 0.3 is 0 Å². The Bertz CT molecular complexity index is 1260. The Kier molecular flexibility index (Phi) is 4.60. The van der Waals surface area contributed by atoms with Crippen LogP contribution in [0.2, 0.25) is 0 Å². The Balaban J connectivity index is 2.06. The number of nitrogens with zero attached hydrogens (tertiary/aromatic N) is 2. The Hall–Kier alpha value is -3.34. The van der Waals surface area contributed by atoms with Gasteiger partial charge in [0.25, 0.3) is 0 Å². The highest BCUT2D eigenvalue weighted by Crippen LogP contribution is 2.35. The van der Waals surface area contributed by atoms with E-state index in [0.29, 0.717) is 28.0 Å². The zero-order valence-electron chi connectivity index (χ0n) is 22.6. The average Bonchev–Trinajstić information content (AvgIpc) is 2.78. The van der Waals surface area contributed by atoms with E-state index in [1.165, 1.54) is 25.6 Å². The van der Waals surface area contributed by atoms with E-state index >= 15 is 0 Å². The minimum atomic E-state index is -3.35. The molecule has 0 amide bonds. The zero-order valence-corrected chi connectivity index (χ0v) is 15.6. The lowest BCUT2D eigenvalue weighted by atomic mass is 10.2. The summed E-state index contributed by atoms with van der Waals surface area (Å²) < 4.78 is 73.6. The molecule has 7 heteroatoms. The first-order valence-electron chi connectivity index (χ1n) is 12.0. The molecule has 1 aromatic heterocycles. The van der Waals surface area contributed by atoms with Crippen LogP contribution in [0.4, 0.5) is 11.5 Å². The van der Waals surface area contributed by atoms with E-state index in [9.17, 15) is 0 Å². The summed E-state index contributed by atoms with van der Waals surface area (Å²) in [5.74, 6) is 2.64. The molecule has 0 fully saturated rings. The highest BCUT2D eigenvalue weighted by molar-refractivity contribution is 5.93. The van der Waals surface area contributed by atoms with Crippen LogP contribution in [0.3, 0.4) is 0 Å². The topological polar surface area (TPSA) is 74.7 Å². The van der Waals surface area contributed by atoms with Crippen LogP contribution in [-0.2, 0) is 9.47 Å². The van der Waals surface area contributed by atoms with Crippen LogP contribution in [-0.4, -0.2) is 50.4 Å². The minimum Gasteiger partial charge on any atom is -0.487 e. The van der Waals surface area contributed by atoms with E-state index in [1.54, 1.807) is 24.3 Å². The number of anilines is 2. The summed E-state index contributed by atoms with van der Waals surface area (Å²) in [7, 11) is -1.74. The van der Waals surface area contributed by atoms with Crippen molar-refractivity contribution in [1.29, 1.82) is 0 Å². The molecule has 0 aliphatic rings. The summed E-state index contributed by atoms with van der Waals surface area (Å²) in [6, 6.07) is 9.84. The van der Waals surface area contributed by atoms with E-state index in [-0.39, 0.29) is 24.7 Å². The van der Waals surface area contributed by atoms with Gasteiger partial charge in [0.1, 0.15) is 25.3 Å². The first-order chi connectivity index (χ1) is 16.8. The van der Waals surface area contributed by atoms with Crippen LogP contribution in [0.1, 0.15) is 15.2 Å². The maximum atomic E-state index is 8.09. The number of aromatic nitrogens is 2. The average molecular weight is 400 g/mol. The fraction of sp³-hybridized carbons (Fsp3) is 0.273. The van der Waals surface area contributed by atoms with Gasteiger partial charge in [-0.05, 0) is 24.3 Å². The molecule has 0 aliphatic carbocycles. The third-order valence-electron chi connectivity index (χ3n) is 3.79. The number of methoxy groups -OCH3 is 2. The molecule has 0 saturated carbocycles. The molecule has 0 aliphatic heterocycles. The Morgan fingerprint density at radius 3 is 2.83 bits per heavy atom. The molecule has 2 aromatic carbocycles. The number of benzene rings is 2. The lowest BCUT2D eigenvalue weighted by molar-refractivity contribution is 0.132. The molecular formula is C22H23N3O4. The summed E-state index contributed by atoms with van der Waals surface area (Å²) in [5.41, 5.74) is 1.68. The van der Waals surface area contributed by atoms with Gasteiger partial charge in [-0.25, -0.2) is 9.97 Å². The quantitative estimate of drug-likeness (QED) is 0.413. The normalized spacial score (nSPS) is 15.5. The third-order valence-corrected chi connectivity index (χ3v) is 3.79. The second-order valence-corrected chi connectivity index (χ2v) is 5.64. The van der Waals surface area contributed by atoms with Crippen molar-refractivity contribution >= 4 is 22.4 Å². The molecule has 3 rings (SSSR count). The molecule has 0 radical (unpaired) electrons. The van der Waals surface area contributed by atoms with Gasteiger partial charge in [0.05, 0.1) is 28.3 Å². The van der Waals surface area contributed by atoms with Gasteiger partial charge < -0.3 is 24.3 Å². The van der Waals surface area contributed by atoms with Gasteiger partial charge in [-0.1, -0.05) is 12.0 Å². The number of ether oxygens (including phenoxy) is 4. The van der Waals surface area contributed by atoms with Crippen molar-refractivity contribution in [1.82, 2.24) is 9.97 Å². The van der Waals surface area contributed by atoms with Crippen LogP contribution < -0.4 is 14.8 Å². The molecule has 1 heterocycles. The summed E-state index contributed by atoms with van der Waals surface area (Å²) >= 11 is 0. The van der Waals surface area contributed by atoms with Crippen molar-refractivity contribution in [2.75, 3.05) is 45.8 Å². The van der Waals surface area contributed by atoms with Crippen LogP contribution >= 0.6 is 0 Å². The van der Waals surface area contributed by atoms with Crippen molar-refractivity contribution in [3.63, 3.8) is 0 Å². The summed E-state index contributed by atoms with van der Waals surface area (Å²) in [6.45, 7) is -6.32. The molecule has 7 nitrogen and oxygen atoms in total. The number of fused-ring (bicyclic) bond motifs is 1. The SMILES string of the molecule is [2H]C([2H])([2H])OC([2H])([2H])C([2H])([2H])Oc1cc2c(Nc3cccc(C#C)c3)ncnc2cc1OCCOC. The molecule has 0 unspecified atom stereocenters. The second kappa shape index (κ2) is 10.3. The smallest absolute Gasteiger partial charge is 0.163 e. The van der Waals surface area contributed by atoms with Crippen molar-refractivity contribution in [3.8, 4) is 23.8 Å². The first-order valence-corrected chi connectivity index (χ1v) is 8.48.